The number of nitrogens with zero attached hydrogens (tertiary/aromatic N) is 2. The van der Waals surface area contributed by atoms with Crippen molar-refractivity contribution >= 4 is 0 Å². The van der Waals surface area contributed by atoms with Crippen molar-refractivity contribution in [1.29, 1.82) is 0 Å². The predicted molar refractivity (Wildman–Crippen MR) is 65.5 cm³/mol. The number of aromatic nitrogens is 2. The summed E-state index contributed by atoms with van der Waals surface area (Å²) >= 11 is 0. The molecule has 4 heteroatoms. The summed E-state index contributed by atoms with van der Waals surface area (Å²) in [6, 6.07) is 2.39. The van der Waals surface area contributed by atoms with Crippen LogP contribution >= 0.6 is 0 Å². The van der Waals surface area contributed by atoms with Crippen LogP contribution in [0.4, 0.5) is 0 Å². The largest absolute Gasteiger partial charge is 0.380 e. The van der Waals surface area contributed by atoms with Crippen molar-refractivity contribution in [3.05, 3.63) is 18.0 Å². The first-order chi connectivity index (χ1) is 7.71. The molecular formula is C12H23N3O. The molecule has 2 unspecified atom stereocenters. The van der Waals surface area contributed by atoms with E-state index in [2.05, 4.69) is 23.4 Å². The summed E-state index contributed by atoms with van der Waals surface area (Å²) < 4.78 is 7.36. The molecule has 92 valence electrons. The molecule has 0 aliphatic rings. The number of likely N-dealkylation sites (N-methyl/N-ethyl adjacent to an activating group) is 1. The smallest absolute Gasteiger partial charge is 0.0727 e. The van der Waals surface area contributed by atoms with E-state index in [9.17, 15) is 0 Å². The molecule has 0 aliphatic carbocycles. The van der Waals surface area contributed by atoms with Crippen LogP contribution in [0.3, 0.4) is 0 Å². The van der Waals surface area contributed by atoms with Gasteiger partial charge < -0.3 is 10.1 Å². The molecule has 0 fully saturated rings. The van der Waals surface area contributed by atoms with Crippen LogP contribution in [-0.2, 0) is 18.2 Å². The SMILES string of the molecule is CCCC(OC)C(Cc1ccn(C)n1)NC. The Hall–Kier alpha value is -0.870. The maximum Gasteiger partial charge on any atom is 0.0727 e. The van der Waals surface area contributed by atoms with Crippen LogP contribution < -0.4 is 5.32 Å². The van der Waals surface area contributed by atoms with E-state index in [4.69, 9.17) is 4.74 Å². The Morgan fingerprint density at radius 2 is 2.31 bits per heavy atom. The first-order valence-corrected chi connectivity index (χ1v) is 5.89. The van der Waals surface area contributed by atoms with Crippen molar-refractivity contribution < 1.29 is 4.74 Å². The predicted octanol–water partition coefficient (Wildman–Crippen LogP) is 1.37. The van der Waals surface area contributed by atoms with Crippen molar-refractivity contribution in [1.82, 2.24) is 15.1 Å². The minimum Gasteiger partial charge on any atom is -0.380 e. The van der Waals surface area contributed by atoms with Gasteiger partial charge >= 0.3 is 0 Å². The van der Waals surface area contributed by atoms with Crippen LogP contribution in [0.1, 0.15) is 25.5 Å². The average Bonchev–Trinajstić information content (AvgIpc) is 2.69. The van der Waals surface area contributed by atoms with E-state index < -0.39 is 0 Å². The second kappa shape index (κ2) is 6.66. The number of ether oxygens (including phenoxy) is 1. The van der Waals surface area contributed by atoms with Gasteiger partial charge in [0.25, 0.3) is 0 Å². The summed E-state index contributed by atoms with van der Waals surface area (Å²) in [5.74, 6) is 0. The molecule has 16 heavy (non-hydrogen) atoms. The number of rotatable bonds is 7. The van der Waals surface area contributed by atoms with E-state index in [-0.39, 0.29) is 6.10 Å². The maximum atomic E-state index is 5.53. The molecule has 0 amide bonds. The van der Waals surface area contributed by atoms with Gasteiger partial charge in [-0.05, 0) is 19.5 Å². The Kier molecular flexibility index (Phi) is 5.49. The number of hydrogen-bond acceptors (Lipinski definition) is 3. The lowest BCUT2D eigenvalue weighted by atomic mass is 10.0. The van der Waals surface area contributed by atoms with E-state index in [1.165, 1.54) is 0 Å². The van der Waals surface area contributed by atoms with Crippen molar-refractivity contribution in [3.63, 3.8) is 0 Å². The Balaban J connectivity index is 2.59. The molecule has 2 atom stereocenters. The van der Waals surface area contributed by atoms with Crippen molar-refractivity contribution in [3.8, 4) is 0 Å². The van der Waals surface area contributed by atoms with E-state index in [1.54, 1.807) is 7.11 Å². The zero-order valence-electron chi connectivity index (χ0n) is 10.7. The molecule has 1 heterocycles. The molecular weight excluding hydrogens is 202 g/mol. The highest BCUT2D eigenvalue weighted by atomic mass is 16.5. The minimum absolute atomic E-state index is 0.261. The van der Waals surface area contributed by atoms with Gasteiger partial charge in [-0.2, -0.15) is 5.10 Å². The summed E-state index contributed by atoms with van der Waals surface area (Å²) in [5.41, 5.74) is 1.11. The van der Waals surface area contributed by atoms with Crippen molar-refractivity contribution in [2.75, 3.05) is 14.2 Å². The minimum atomic E-state index is 0.261. The summed E-state index contributed by atoms with van der Waals surface area (Å²) in [7, 11) is 5.70. The third kappa shape index (κ3) is 3.61. The second-order valence-electron chi connectivity index (χ2n) is 4.14. The van der Waals surface area contributed by atoms with E-state index in [1.807, 2.05) is 25.0 Å². The van der Waals surface area contributed by atoms with Gasteiger partial charge in [0.2, 0.25) is 0 Å². The quantitative estimate of drug-likeness (QED) is 0.761. The van der Waals surface area contributed by atoms with Gasteiger partial charge in [-0.15, -0.1) is 0 Å². The van der Waals surface area contributed by atoms with Gasteiger partial charge in [-0.25, -0.2) is 0 Å². The molecule has 0 aromatic carbocycles. The highest BCUT2D eigenvalue weighted by Crippen LogP contribution is 2.11. The lowest BCUT2D eigenvalue weighted by Gasteiger charge is -2.24. The topological polar surface area (TPSA) is 39.1 Å². The Bertz CT molecular complexity index is 298. The Morgan fingerprint density at radius 3 is 2.75 bits per heavy atom. The molecule has 0 aliphatic heterocycles. The number of methoxy groups -OCH3 is 1. The first kappa shape index (κ1) is 13.2. The van der Waals surface area contributed by atoms with Crippen LogP contribution in [0.5, 0.6) is 0 Å². The highest BCUT2D eigenvalue weighted by molar-refractivity contribution is 5.02. The van der Waals surface area contributed by atoms with Crippen LogP contribution in [-0.4, -0.2) is 36.1 Å². The Morgan fingerprint density at radius 1 is 1.56 bits per heavy atom. The first-order valence-electron chi connectivity index (χ1n) is 5.89. The van der Waals surface area contributed by atoms with Gasteiger partial charge in [-0.3, -0.25) is 4.68 Å². The number of hydrogen-bond donors (Lipinski definition) is 1. The molecule has 0 saturated carbocycles. The van der Waals surface area contributed by atoms with E-state index >= 15 is 0 Å². The van der Waals surface area contributed by atoms with Gasteiger partial charge in [0.15, 0.2) is 0 Å². The lowest BCUT2D eigenvalue weighted by Crippen LogP contribution is -2.40. The monoisotopic (exact) mass is 225 g/mol. The fourth-order valence-electron chi connectivity index (χ4n) is 1.98. The average molecular weight is 225 g/mol. The molecule has 0 bridgehead atoms. The molecule has 1 aromatic rings. The standard InChI is InChI=1S/C12H23N3O/c1-5-6-12(16-4)11(13-2)9-10-7-8-15(3)14-10/h7-8,11-13H,5-6,9H2,1-4H3. The third-order valence-electron chi connectivity index (χ3n) is 2.89. The van der Waals surface area contributed by atoms with Crippen LogP contribution in [0.25, 0.3) is 0 Å². The maximum absolute atomic E-state index is 5.53. The zero-order chi connectivity index (χ0) is 12.0. The molecule has 1 N–H and O–H groups in total. The fraction of sp³-hybridized carbons (Fsp3) is 0.750. The van der Waals surface area contributed by atoms with Gasteiger partial charge in [-0.1, -0.05) is 13.3 Å². The molecule has 0 spiro atoms. The van der Waals surface area contributed by atoms with E-state index in [0.29, 0.717) is 6.04 Å². The van der Waals surface area contributed by atoms with Crippen molar-refractivity contribution in [2.45, 2.75) is 38.3 Å². The van der Waals surface area contributed by atoms with Crippen LogP contribution in [0, 0.1) is 0 Å². The van der Waals surface area contributed by atoms with Crippen LogP contribution in [0.15, 0.2) is 12.3 Å². The summed E-state index contributed by atoms with van der Waals surface area (Å²) in [6.45, 7) is 2.18. The summed E-state index contributed by atoms with van der Waals surface area (Å²) in [5, 5.41) is 7.72. The normalized spacial score (nSPS) is 15.0. The molecule has 0 saturated heterocycles. The van der Waals surface area contributed by atoms with Crippen LogP contribution in [0.2, 0.25) is 0 Å². The summed E-state index contributed by atoms with van der Waals surface area (Å²) in [4.78, 5) is 0. The molecule has 4 nitrogen and oxygen atoms in total. The van der Waals surface area contributed by atoms with E-state index in [0.717, 1.165) is 25.0 Å². The molecule has 1 rings (SSSR count). The number of aryl methyl sites for hydroxylation is 1. The zero-order valence-corrected chi connectivity index (χ0v) is 10.7. The highest BCUT2D eigenvalue weighted by Gasteiger charge is 2.19. The van der Waals surface area contributed by atoms with Crippen molar-refractivity contribution in [2.24, 2.45) is 7.05 Å². The lowest BCUT2D eigenvalue weighted by molar-refractivity contribution is 0.0630. The van der Waals surface area contributed by atoms with Gasteiger partial charge in [0, 0.05) is 32.8 Å². The number of nitrogens with one attached hydrogen (secondary N) is 1. The molecule has 1 aromatic heterocycles. The third-order valence-corrected chi connectivity index (χ3v) is 2.89. The second-order valence-corrected chi connectivity index (χ2v) is 4.14. The van der Waals surface area contributed by atoms with Gasteiger partial charge in [0.1, 0.15) is 0 Å². The Labute approximate surface area is 98.0 Å². The fourth-order valence-corrected chi connectivity index (χ4v) is 1.98. The van der Waals surface area contributed by atoms with Gasteiger partial charge in [0.05, 0.1) is 11.8 Å². The summed E-state index contributed by atoms with van der Waals surface area (Å²) in [6.07, 6.45) is 5.37. The molecule has 0 radical (unpaired) electrons.